The highest BCUT2D eigenvalue weighted by Gasteiger charge is 2.23. The van der Waals surface area contributed by atoms with Crippen LogP contribution < -0.4 is 0 Å². The Morgan fingerprint density at radius 3 is 2.20 bits per heavy atom. The first-order chi connectivity index (χ1) is 6.66. The van der Waals surface area contributed by atoms with Crippen molar-refractivity contribution in [1.29, 1.82) is 0 Å². The summed E-state index contributed by atoms with van der Waals surface area (Å²) in [6, 6.07) is 0. The molecule has 0 fully saturated rings. The average Bonchev–Trinajstić information content (AvgIpc) is 1.94. The maximum absolute atomic E-state index is 11.1. The summed E-state index contributed by atoms with van der Waals surface area (Å²) in [5, 5.41) is -1.39. The molecule has 0 spiro atoms. The molecule has 0 bridgehead atoms. The molecule has 0 saturated carbocycles. The third-order valence-electron chi connectivity index (χ3n) is 1.57. The Balaban J connectivity index is 4.27. The van der Waals surface area contributed by atoms with Crippen LogP contribution in [0.2, 0.25) is 0 Å². The Morgan fingerprint density at radius 1 is 1.27 bits per heavy atom. The van der Waals surface area contributed by atoms with Crippen molar-refractivity contribution in [1.82, 2.24) is 0 Å². The van der Waals surface area contributed by atoms with Crippen LogP contribution in [0.25, 0.3) is 0 Å². The molecule has 0 aromatic rings. The van der Waals surface area contributed by atoms with Crippen molar-refractivity contribution in [3.63, 3.8) is 0 Å². The maximum Gasteiger partial charge on any atom is 0.284 e. The second kappa shape index (κ2) is 5.78. The molecule has 0 heterocycles. The number of hydrogen-bond donors (Lipinski definition) is 1. The summed E-state index contributed by atoms with van der Waals surface area (Å²) in [6.45, 7) is 3.48. The summed E-state index contributed by atoms with van der Waals surface area (Å²) in [5.41, 5.74) is 0. The molecule has 0 aliphatic heterocycles. The predicted octanol–water partition coefficient (Wildman–Crippen LogP) is 0.757. The van der Waals surface area contributed by atoms with Crippen LogP contribution in [0.5, 0.6) is 0 Å². The molecule has 92 valence electrons. The van der Waals surface area contributed by atoms with E-state index in [9.17, 15) is 16.8 Å². The van der Waals surface area contributed by atoms with E-state index in [1.54, 1.807) is 0 Å². The minimum absolute atomic E-state index is 0.529. The summed E-state index contributed by atoms with van der Waals surface area (Å²) in [7, 11) is -8.77. The normalized spacial score (nSPS) is 15.1. The largest absolute Gasteiger partial charge is 0.285 e. The highest BCUT2D eigenvalue weighted by molar-refractivity contribution is 8.03. The van der Waals surface area contributed by atoms with Gasteiger partial charge in [0.25, 0.3) is 20.2 Å². The van der Waals surface area contributed by atoms with Crippen LogP contribution in [-0.2, 0) is 24.4 Å². The van der Waals surface area contributed by atoms with E-state index in [1.165, 1.54) is 6.92 Å². The van der Waals surface area contributed by atoms with Crippen LogP contribution in [0.3, 0.4) is 0 Å². The van der Waals surface area contributed by atoms with Gasteiger partial charge in [0.1, 0.15) is 0 Å². The zero-order valence-corrected chi connectivity index (χ0v) is 10.3. The van der Waals surface area contributed by atoms with Crippen molar-refractivity contribution in [3.05, 3.63) is 0 Å². The SMILES string of the molecule is CCCCC(C)OS(=O)(=O)CS(=O)(=O)O. The first-order valence-corrected chi connectivity index (χ1v) is 7.71. The van der Waals surface area contributed by atoms with Crippen molar-refractivity contribution in [3.8, 4) is 0 Å². The summed E-state index contributed by atoms with van der Waals surface area (Å²) in [4.78, 5) is 0. The van der Waals surface area contributed by atoms with Crippen LogP contribution in [0, 0.1) is 0 Å². The minimum atomic E-state index is -4.56. The molecule has 1 atom stereocenters. The Hall–Kier alpha value is -0.180. The van der Waals surface area contributed by atoms with E-state index in [2.05, 4.69) is 4.18 Å². The average molecular weight is 260 g/mol. The van der Waals surface area contributed by atoms with E-state index >= 15 is 0 Å². The molecule has 0 aromatic heterocycles. The smallest absolute Gasteiger partial charge is 0.284 e. The van der Waals surface area contributed by atoms with Gasteiger partial charge in [-0.15, -0.1) is 0 Å². The quantitative estimate of drug-likeness (QED) is 0.536. The van der Waals surface area contributed by atoms with E-state index in [0.717, 1.165) is 12.8 Å². The van der Waals surface area contributed by atoms with Crippen LogP contribution in [0.15, 0.2) is 0 Å². The summed E-state index contributed by atoms with van der Waals surface area (Å²) in [6.07, 6.45) is 1.65. The van der Waals surface area contributed by atoms with E-state index in [1.807, 2.05) is 6.92 Å². The maximum atomic E-state index is 11.1. The molecule has 0 aromatic carbocycles. The number of hydrogen-bond acceptors (Lipinski definition) is 5. The zero-order chi connectivity index (χ0) is 12.1. The lowest BCUT2D eigenvalue weighted by Crippen LogP contribution is -2.22. The fourth-order valence-corrected chi connectivity index (χ4v) is 3.28. The lowest BCUT2D eigenvalue weighted by molar-refractivity contribution is 0.216. The molecular weight excluding hydrogens is 244 g/mol. The van der Waals surface area contributed by atoms with Gasteiger partial charge in [-0.3, -0.25) is 8.74 Å². The van der Waals surface area contributed by atoms with Gasteiger partial charge in [-0.2, -0.15) is 16.8 Å². The molecule has 0 radical (unpaired) electrons. The standard InChI is InChI=1S/C7H16O6S2/c1-3-4-5-7(2)13-15(11,12)6-14(8,9)10/h7H,3-6H2,1-2H3,(H,8,9,10). The molecule has 0 amide bonds. The van der Waals surface area contributed by atoms with Crippen LogP contribution >= 0.6 is 0 Å². The van der Waals surface area contributed by atoms with Gasteiger partial charge < -0.3 is 0 Å². The monoisotopic (exact) mass is 260 g/mol. The third-order valence-corrected chi connectivity index (χ3v) is 4.54. The van der Waals surface area contributed by atoms with Crippen LogP contribution in [0.4, 0.5) is 0 Å². The molecule has 0 saturated heterocycles. The van der Waals surface area contributed by atoms with Gasteiger partial charge in [-0.25, -0.2) is 0 Å². The van der Waals surface area contributed by atoms with Gasteiger partial charge >= 0.3 is 0 Å². The molecule has 1 unspecified atom stereocenters. The molecule has 1 N–H and O–H groups in total. The van der Waals surface area contributed by atoms with Gasteiger partial charge in [-0.1, -0.05) is 19.8 Å². The molecule has 6 nitrogen and oxygen atoms in total. The van der Waals surface area contributed by atoms with Crippen molar-refractivity contribution < 1.29 is 25.6 Å². The van der Waals surface area contributed by atoms with Crippen molar-refractivity contribution >= 4 is 20.2 Å². The lowest BCUT2D eigenvalue weighted by atomic mass is 10.2. The molecule has 0 aliphatic carbocycles. The predicted molar refractivity (Wildman–Crippen MR) is 55.4 cm³/mol. The third kappa shape index (κ3) is 8.79. The molecule has 8 heteroatoms. The first kappa shape index (κ1) is 14.8. The number of unbranched alkanes of at least 4 members (excludes halogenated alkanes) is 1. The molecular formula is C7H16O6S2. The summed E-state index contributed by atoms with van der Waals surface area (Å²) >= 11 is 0. The number of rotatable bonds is 7. The van der Waals surface area contributed by atoms with Crippen molar-refractivity contribution in [2.24, 2.45) is 0 Å². The second-order valence-corrected chi connectivity index (χ2v) is 6.72. The summed E-state index contributed by atoms with van der Waals surface area (Å²) < 4.78 is 55.7. The Morgan fingerprint density at radius 2 is 1.80 bits per heavy atom. The second-order valence-electron chi connectivity index (χ2n) is 3.31. The fourth-order valence-electron chi connectivity index (χ4n) is 1.00. The zero-order valence-electron chi connectivity index (χ0n) is 8.71. The van der Waals surface area contributed by atoms with Gasteiger partial charge in [0.05, 0.1) is 6.10 Å². The van der Waals surface area contributed by atoms with Gasteiger partial charge in [-0.05, 0) is 13.3 Å². The highest BCUT2D eigenvalue weighted by Crippen LogP contribution is 2.09. The lowest BCUT2D eigenvalue weighted by Gasteiger charge is -2.11. The first-order valence-electron chi connectivity index (χ1n) is 4.52. The Kier molecular flexibility index (Phi) is 5.71. The van der Waals surface area contributed by atoms with Gasteiger partial charge in [0.15, 0.2) is 0 Å². The van der Waals surface area contributed by atoms with E-state index < -0.39 is 31.4 Å². The van der Waals surface area contributed by atoms with Crippen molar-refractivity contribution in [2.75, 3.05) is 5.08 Å². The van der Waals surface area contributed by atoms with E-state index in [0.29, 0.717) is 6.42 Å². The molecule has 0 rings (SSSR count). The highest BCUT2D eigenvalue weighted by atomic mass is 32.3. The minimum Gasteiger partial charge on any atom is -0.285 e. The fraction of sp³-hybridized carbons (Fsp3) is 1.00. The summed E-state index contributed by atoms with van der Waals surface area (Å²) in [5.74, 6) is 0. The van der Waals surface area contributed by atoms with Crippen LogP contribution in [-0.4, -0.2) is 32.6 Å². The molecule has 0 aliphatic rings. The Labute approximate surface area is 90.5 Å². The Bertz CT molecular complexity index is 368. The van der Waals surface area contributed by atoms with E-state index in [-0.39, 0.29) is 0 Å². The van der Waals surface area contributed by atoms with Crippen molar-refractivity contribution in [2.45, 2.75) is 39.2 Å². The van der Waals surface area contributed by atoms with Gasteiger partial charge in [0.2, 0.25) is 5.08 Å². The molecule has 15 heavy (non-hydrogen) atoms. The topological polar surface area (TPSA) is 97.7 Å². The van der Waals surface area contributed by atoms with E-state index in [4.69, 9.17) is 4.55 Å². The van der Waals surface area contributed by atoms with Crippen LogP contribution in [0.1, 0.15) is 33.1 Å². The van der Waals surface area contributed by atoms with Gasteiger partial charge in [0, 0.05) is 0 Å².